The van der Waals surface area contributed by atoms with Gasteiger partial charge in [0.1, 0.15) is 28.7 Å². The van der Waals surface area contributed by atoms with E-state index in [2.05, 4.69) is 42.0 Å². The Bertz CT molecular complexity index is 1390. The molecule has 1 aromatic carbocycles. The summed E-state index contributed by atoms with van der Waals surface area (Å²) in [5.74, 6) is 0.310. The Balaban J connectivity index is 1.33. The second kappa shape index (κ2) is 10.5. The number of likely N-dealkylation sites (N-methyl/N-ethyl adjacent to an activating group) is 1. The second-order valence-corrected chi connectivity index (χ2v) is 9.73. The third-order valence-corrected chi connectivity index (χ3v) is 6.83. The number of pyridine rings is 1. The molecule has 1 saturated heterocycles. The van der Waals surface area contributed by atoms with Gasteiger partial charge in [0.05, 0.1) is 11.7 Å². The first-order valence-electron chi connectivity index (χ1n) is 12.7. The number of hydrogen-bond donors (Lipinski definition) is 1. The number of aromatic nitrogens is 5. The predicted octanol–water partition coefficient (Wildman–Crippen LogP) is 4.94. The SMILES string of the molecule is CCN1CCN(Cc2ccc(Nc3ncc(F)c(-c4cc(F)c5c(c4)nc(C)n5C(C)C)n3)nc2)CC1. The predicted molar refractivity (Wildman–Crippen MR) is 141 cm³/mol. The quantitative estimate of drug-likeness (QED) is 0.381. The lowest BCUT2D eigenvalue weighted by Crippen LogP contribution is -2.45. The summed E-state index contributed by atoms with van der Waals surface area (Å²) >= 11 is 0. The third kappa shape index (κ3) is 5.30. The first-order valence-corrected chi connectivity index (χ1v) is 12.7. The van der Waals surface area contributed by atoms with E-state index >= 15 is 4.39 Å². The Kier molecular flexibility index (Phi) is 7.12. The van der Waals surface area contributed by atoms with Crippen molar-refractivity contribution in [2.45, 2.75) is 40.3 Å². The van der Waals surface area contributed by atoms with Crippen LogP contribution < -0.4 is 5.32 Å². The van der Waals surface area contributed by atoms with Gasteiger partial charge in [-0.15, -0.1) is 0 Å². The monoisotopic (exact) mass is 506 g/mol. The van der Waals surface area contributed by atoms with Crippen LogP contribution in [0.15, 0.2) is 36.7 Å². The van der Waals surface area contributed by atoms with Gasteiger partial charge in [0, 0.05) is 50.5 Å². The number of fused-ring (bicyclic) bond motifs is 1. The van der Waals surface area contributed by atoms with Crippen molar-refractivity contribution in [2.24, 2.45) is 0 Å². The van der Waals surface area contributed by atoms with Crippen molar-refractivity contribution in [3.05, 3.63) is 59.7 Å². The fourth-order valence-corrected chi connectivity index (χ4v) is 4.92. The number of nitrogens with zero attached hydrogens (tertiary/aromatic N) is 7. The van der Waals surface area contributed by atoms with Crippen LogP contribution in [-0.2, 0) is 6.54 Å². The van der Waals surface area contributed by atoms with Crippen LogP contribution in [0.3, 0.4) is 0 Å². The summed E-state index contributed by atoms with van der Waals surface area (Å²) in [6, 6.07) is 6.87. The van der Waals surface area contributed by atoms with Gasteiger partial charge in [-0.05, 0) is 51.1 Å². The lowest BCUT2D eigenvalue weighted by molar-refractivity contribution is 0.132. The maximum Gasteiger partial charge on any atom is 0.229 e. The van der Waals surface area contributed by atoms with E-state index in [1.54, 1.807) is 6.07 Å². The highest BCUT2D eigenvalue weighted by molar-refractivity contribution is 5.83. The van der Waals surface area contributed by atoms with Gasteiger partial charge in [0.2, 0.25) is 5.95 Å². The van der Waals surface area contributed by atoms with Crippen LogP contribution in [-0.4, -0.2) is 67.0 Å². The number of aryl methyl sites for hydroxylation is 1. The highest BCUT2D eigenvalue weighted by atomic mass is 19.1. The summed E-state index contributed by atoms with van der Waals surface area (Å²) in [4.78, 5) is 22.2. The molecule has 4 aromatic rings. The molecular formula is C27H32F2N8. The highest BCUT2D eigenvalue weighted by Crippen LogP contribution is 2.30. The van der Waals surface area contributed by atoms with Crippen LogP contribution in [0, 0.1) is 18.6 Å². The minimum absolute atomic E-state index is 0.00195. The van der Waals surface area contributed by atoms with E-state index in [4.69, 9.17) is 0 Å². The van der Waals surface area contributed by atoms with Crippen LogP contribution in [0.1, 0.15) is 38.2 Å². The van der Waals surface area contributed by atoms with Gasteiger partial charge in [-0.25, -0.2) is 28.7 Å². The molecule has 0 bridgehead atoms. The molecule has 5 rings (SSSR count). The third-order valence-electron chi connectivity index (χ3n) is 6.83. The standard InChI is InChI=1S/C27H32F2N8/c1-5-35-8-10-36(11-9-35)16-19-6-7-24(30-14-19)33-27-31-15-22(29)25(34-27)20-12-21(28)26-23(13-20)32-18(4)37(26)17(2)3/h6-7,12-15,17H,5,8-11,16H2,1-4H3,(H,30,31,33,34). The molecule has 4 heterocycles. The van der Waals surface area contributed by atoms with E-state index in [0.29, 0.717) is 28.2 Å². The molecule has 1 aliphatic rings. The maximum atomic E-state index is 15.1. The molecule has 3 aromatic heterocycles. The first-order chi connectivity index (χ1) is 17.8. The molecular weight excluding hydrogens is 474 g/mol. The van der Waals surface area contributed by atoms with E-state index < -0.39 is 11.6 Å². The first kappa shape index (κ1) is 25.2. The summed E-state index contributed by atoms with van der Waals surface area (Å²) < 4.78 is 31.7. The molecule has 0 amide bonds. The molecule has 0 saturated carbocycles. The Labute approximate surface area is 215 Å². The molecule has 0 atom stereocenters. The zero-order valence-corrected chi connectivity index (χ0v) is 21.7. The van der Waals surface area contributed by atoms with Gasteiger partial charge in [0.15, 0.2) is 5.82 Å². The van der Waals surface area contributed by atoms with Crippen molar-refractivity contribution in [3.8, 4) is 11.3 Å². The smallest absolute Gasteiger partial charge is 0.229 e. The molecule has 0 spiro atoms. The molecule has 1 fully saturated rings. The van der Waals surface area contributed by atoms with Crippen molar-refractivity contribution in [1.82, 2.24) is 34.3 Å². The molecule has 194 valence electrons. The average Bonchev–Trinajstić information content (AvgIpc) is 3.23. The van der Waals surface area contributed by atoms with Crippen molar-refractivity contribution in [2.75, 3.05) is 38.0 Å². The average molecular weight is 507 g/mol. The Hall–Kier alpha value is -3.50. The second-order valence-electron chi connectivity index (χ2n) is 9.73. The Morgan fingerprint density at radius 1 is 0.946 bits per heavy atom. The van der Waals surface area contributed by atoms with Crippen LogP contribution in [0.25, 0.3) is 22.3 Å². The minimum atomic E-state index is -0.643. The molecule has 0 radical (unpaired) electrons. The van der Waals surface area contributed by atoms with Gasteiger partial charge in [-0.2, -0.15) is 0 Å². The summed E-state index contributed by atoms with van der Waals surface area (Å²) in [7, 11) is 0. The zero-order chi connectivity index (χ0) is 26.1. The van der Waals surface area contributed by atoms with E-state index in [-0.39, 0.29) is 17.7 Å². The van der Waals surface area contributed by atoms with Gasteiger partial charge in [0.25, 0.3) is 0 Å². The summed E-state index contributed by atoms with van der Waals surface area (Å²) in [5, 5.41) is 3.03. The lowest BCUT2D eigenvalue weighted by Gasteiger charge is -2.33. The molecule has 1 aliphatic heterocycles. The molecule has 0 unspecified atom stereocenters. The van der Waals surface area contributed by atoms with Crippen LogP contribution in [0.4, 0.5) is 20.5 Å². The van der Waals surface area contributed by atoms with Crippen molar-refractivity contribution in [1.29, 1.82) is 0 Å². The zero-order valence-electron chi connectivity index (χ0n) is 21.7. The molecule has 10 heteroatoms. The minimum Gasteiger partial charge on any atom is -0.323 e. The van der Waals surface area contributed by atoms with E-state index in [1.165, 1.54) is 6.07 Å². The number of hydrogen-bond acceptors (Lipinski definition) is 7. The summed E-state index contributed by atoms with van der Waals surface area (Å²) in [6.07, 6.45) is 2.91. The number of anilines is 2. The summed E-state index contributed by atoms with van der Waals surface area (Å²) in [6.45, 7) is 14.2. The van der Waals surface area contributed by atoms with Gasteiger partial charge >= 0.3 is 0 Å². The summed E-state index contributed by atoms with van der Waals surface area (Å²) in [5.41, 5.74) is 2.28. The van der Waals surface area contributed by atoms with Gasteiger partial charge in [-0.3, -0.25) is 4.90 Å². The number of rotatable bonds is 7. The van der Waals surface area contributed by atoms with Crippen molar-refractivity contribution in [3.63, 3.8) is 0 Å². The highest BCUT2D eigenvalue weighted by Gasteiger charge is 2.19. The number of benzene rings is 1. The molecule has 0 aliphatic carbocycles. The number of imidazole rings is 1. The topological polar surface area (TPSA) is 75.0 Å². The van der Waals surface area contributed by atoms with E-state index in [1.807, 2.05) is 43.7 Å². The van der Waals surface area contributed by atoms with Crippen LogP contribution in [0.5, 0.6) is 0 Å². The van der Waals surface area contributed by atoms with Gasteiger partial charge < -0.3 is 14.8 Å². The Morgan fingerprint density at radius 3 is 2.38 bits per heavy atom. The van der Waals surface area contributed by atoms with Crippen LogP contribution >= 0.6 is 0 Å². The molecule has 8 nitrogen and oxygen atoms in total. The number of piperazine rings is 1. The number of nitrogens with one attached hydrogen (secondary N) is 1. The number of halogens is 2. The van der Waals surface area contributed by atoms with Crippen LogP contribution in [0.2, 0.25) is 0 Å². The van der Waals surface area contributed by atoms with E-state index in [0.717, 1.165) is 51.0 Å². The largest absolute Gasteiger partial charge is 0.323 e. The van der Waals surface area contributed by atoms with E-state index in [9.17, 15) is 4.39 Å². The fraction of sp³-hybridized carbons (Fsp3) is 0.407. The molecule has 37 heavy (non-hydrogen) atoms. The lowest BCUT2D eigenvalue weighted by atomic mass is 10.1. The van der Waals surface area contributed by atoms with Crippen molar-refractivity contribution >= 4 is 22.8 Å². The normalized spacial score (nSPS) is 15.1. The Morgan fingerprint density at radius 2 is 1.70 bits per heavy atom. The van der Waals surface area contributed by atoms with Crippen molar-refractivity contribution < 1.29 is 8.78 Å². The maximum absolute atomic E-state index is 15.1. The van der Waals surface area contributed by atoms with Gasteiger partial charge in [-0.1, -0.05) is 13.0 Å². The molecule has 1 N–H and O–H groups in total. The fourth-order valence-electron chi connectivity index (χ4n) is 4.92.